The Hall–Kier alpha value is -2.32. The van der Waals surface area contributed by atoms with Crippen molar-refractivity contribution in [2.24, 2.45) is 5.10 Å². The molecule has 0 unspecified atom stereocenters. The van der Waals surface area contributed by atoms with Crippen LogP contribution in [0, 0.1) is 13.8 Å². The third-order valence-corrected chi connectivity index (χ3v) is 4.60. The van der Waals surface area contributed by atoms with Gasteiger partial charge < -0.3 is 5.32 Å². The van der Waals surface area contributed by atoms with Crippen LogP contribution in [-0.4, -0.2) is 28.3 Å². The van der Waals surface area contributed by atoms with Crippen LogP contribution in [0.1, 0.15) is 37.6 Å². The molecule has 1 aromatic heterocycles. The third-order valence-electron chi connectivity index (χ3n) is 3.55. The normalized spacial score (nSPS) is 11.0. The van der Waals surface area contributed by atoms with Crippen molar-refractivity contribution in [1.29, 1.82) is 0 Å². The van der Waals surface area contributed by atoms with Crippen LogP contribution in [0.15, 0.2) is 28.7 Å². The fourth-order valence-electron chi connectivity index (χ4n) is 2.18. The first kappa shape index (κ1) is 20.0. The van der Waals surface area contributed by atoms with Gasteiger partial charge in [-0.2, -0.15) is 5.10 Å². The maximum absolute atomic E-state index is 12.2. The summed E-state index contributed by atoms with van der Waals surface area (Å²) in [5.74, 6) is -0.0912. The van der Waals surface area contributed by atoms with Gasteiger partial charge in [0, 0.05) is 18.3 Å². The van der Waals surface area contributed by atoms with Gasteiger partial charge in [-0.1, -0.05) is 6.07 Å². The topological polar surface area (TPSA) is 69.6 Å². The highest BCUT2D eigenvalue weighted by Gasteiger charge is 2.18. The number of hydrazone groups is 1. The quantitative estimate of drug-likeness (QED) is 0.464. The summed E-state index contributed by atoms with van der Waals surface area (Å²) < 4.78 is 0. The number of hydrogen-bond acceptors (Lipinski definition) is 5. The maximum atomic E-state index is 12.2. The van der Waals surface area contributed by atoms with Crippen molar-refractivity contribution >= 4 is 51.6 Å². The number of nitrogens with one attached hydrogen (secondary N) is 2. The molecule has 1 aromatic carbocycles. The van der Waals surface area contributed by atoms with Crippen molar-refractivity contribution < 1.29 is 4.79 Å². The molecule has 2 N–H and O–H groups in total. The molecular formula is C18H23N5OS2. The Morgan fingerprint density at radius 1 is 1.35 bits per heavy atom. The van der Waals surface area contributed by atoms with Crippen molar-refractivity contribution in [1.82, 2.24) is 15.7 Å². The molecule has 0 radical (unpaired) electrons. The van der Waals surface area contributed by atoms with Crippen LogP contribution >= 0.6 is 23.6 Å². The number of thiocarbonyl (C=S) groups is 1. The van der Waals surface area contributed by atoms with E-state index in [0.29, 0.717) is 15.9 Å². The van der Waals surface area contributed by atoms with Gasteiger partial charge in [0.25, 0.3) is 0 Å². The van der Waals surface area contributed by atoms with E-state index in [0.717, 1.165) is 11.3 Å². The summed E-state index contributed by atoms with van der Waals surface area (Å²) in [5, 5.41) is 10.0. The Kier molecular flexibility index (Phi) is 6.82. The minimum atomic E-state index is -0.0912. The Morgan fingerprint density at radius 2 is 2.08 bits per heavy atom. The third kappa shape index (κ3) is 5.34. The smallest absolute Gasteiger partial charge is 0.230 e. The first-order valence-corrected chi connectivity index (χ1v) is 9.49. The number of nitrogens with zero attached hydrogens (tertiary/aromatic N) is 3. The lowest BCUT2D eigenvalue weighted by Crippen LogP contribution is -2.36. The number of rotatable bonds is 5. The Morgan fingerprint density at radius 3 is 2.69 bits per heavy atom. The van der Waals surface area contributed by atoms with Crippen LogP contribution in [0.3, 0.4) is 0 Å². The number of anilines is 2. The van der Waals surface area contributed by atoms with Crippen LogP contribution in [0.4, 0.5) is 10.8 Å². The molecule has 138 valence electrons. The van der Waals surface area contributed by atoms with E-state index >= 15 is 0 Å². The molecule has 2 aromatic rings. The van der Waals surface area contributed by atoms with E-state index in [1.54, 1.807) is 11.1 Å². The van der Waals surface area contributed by atoms with Crippen LogP contribution < -0.4 is 15.6 Å². The molecule has 2 rings (SSSR count). The lowest BCUT2D eigenvalue weighted by atomic mass is 10.1. The predicted octanol–water partition coefficient (Wildman–Crippen LogP) is 3.65. The zero-order chi connectivity index (χ0) is 19.3. The number of carbonyl (C=O) groups is 1. The lowest BCUT2D eigenvalue weighted by molar-refractivity contribution is -0.115. The second-order valence-corrected chi connectivity index (χ2v) is 7.42. The molecule has 0 aliphatic rings. The van der Waals surface area contributed by atoms with Gasteiger partial charge >= 0.3 is 0 Å². The molecule has 6 nitrogen and oxygen atoms in total. The van der Waals surface area contributed by atoms with Gasteiger partial charge in [0.15, 0.2) is 10.2 Å². The minimum Gasteiger partial charge on any atom is -0.359 e. The van der Waals surface area contributed by atoms with Gasteiger partial charge in [-0.3, -0.25) is 15.1 Å². The van der Waals surface area contributed by atoms with Crippen LogP contribution in [0.5, 0.6) is 0 Å². The van der Waals surface area contributed by atoms with E-state index in [2.05, 4.69) is 20.8 Å². The molecular weight excluding hydrogens is 366 g/mol. The molecule has 26 heavy (non-hydrogen) atoms. The number of carbonyl (C=O) groups excluding carboxylic acids is 1. The number of thiazole rings is 1. The van der Waals surface area contributed by atoms with E-state index in [9.17, 15) is 4.79 Å². The highest BCUT2D eigenvalue weighted by molar-refractivity contribution is 7.80. The second kappa shape index (κ2) is 8.86. The Labute approximate surface area is 163 Å². The molecule has 0 saturated heterocycles. The van der Waals surface area contributed by atoms with Gasteiger partial charge in [-0.25, -0.2) is 4.98 Å². The molecule has 8 heteroatoms. The molecule has 0 aliphatic carbocycles. The average molecular weight is 390 g/mol. The molecule has 1 heterocycles. The fraction of sp³-hybridized carbons (Fsp3) is 0.333. The average Bonchev–Trinajstić information content (AvgIpc) is 2.98. The Bertz CT molecular complexity index is 829. The first-order valence-electron chi connectivity index (χ1n) is 8.21. The number of aryl methyl sites for hydroxylation is 2. The van der Waals surface area contributed by atoms with Crippen molar-refractivity contribution in [3.63, 3.8) is 0 Å². The van der Waals surface area contributed by atoms with E-state index in [1.807, 2.05) is 51.3 Å². The van der Waals surface area contributed by atoms with Crippen molar-refractivity contribution in [2.45, 2.75) is 40.7 Å². The van der Waals surface area contributed by atoms with Gasteiger partial charge in [-0.15, -0.1) is 11.3 Å². The van der Waals surface area contributed by atoms with Gasteiger partial charge in [0.05, 0.1) is 17.6 Å². The molecule has 0 bridgehead atoms. The molecule has 0 aliphatic heterocycles. The summed E-state index contributed by atoms with van der Waals surface area (Å²) in [4.78, 5) is 18.3. The standard InChI is InChI=1S/C18H23N5OS2/c1-11(2)20-17(25)22-19-9-15-10-26-18(21-15)23(14(5)24)16-7-6-12(3)13(4)8-16/h6-11H,1-5H3,(H2,20,22,25)/b19-9-. The van der Waals surface area contributed by atoms with Crippen LogP contribution in [0.25, 0.3) is 0 Å². The highest BCUT2D eigenvalue weighted by Crippen LogP contribution is 2.29. The van der Waals surface area contributed by atoms with Crippen LogP contribution in [0.2, 0.25) is 0 Å². The SMILES string of the molecule is CC(=O)N(c1ccc(C)c(C)c1)c1nc(/C=N\NC(=S)NC(C)C)cs1. The molecule has 0 fully saturated rings. The largest absolute Gasteiger partial charge is 0.359 e. The number of hydrogen-bond donors (Lipinski definition) is 2. The molecule has 0 atom stereocenters. The summed E-state index contributed by atoms with van der Waals surface area (Å²) in [7, 11) is 0. The molecule has 0 saturated carbocycles. The van der Waals surface area contributed by atoms with Gasteiger partial charge in [0.1, 0.15) is 0 Å². The summed E-state index contributed by atoms with van der Waals surface area (Å²) in [6.07, 6.45) is 1.58. The highest BCUT2D eigenvalue weighted by atomic mass is 32.1. The van der Waals surface area contributed by atoms with Gasteiger partial charge in [0.2, 0.25) is 5.91 Å². The lowest BCUT2D eigenvalue weighted by Gasteiger charge is -2.19. The van der Waals surface area contributed by atoms with Gasteiger partial charge in [-0.05, 0) is 63.2 Å². The van der Waals surface area contributed by atoms with Crippen molar-refractivity contribution in [3.8, 4) is 0 Å². The maximum Gasteiger partial charge on any atom is 0.230 e. The zero-order valence-corrected chi connectivity index (χ0v) is 17.2. The summed E-state index contributed by atoms with van der Waals surface area (Å²) >= 11 is 6.49. The van der Waals surface area contributed by atoms with E-state index in [-0.39, 0.29) is 11.9 Å². The van der Waals surface area contributed by atoms with Crippen LogP contribution in [-0.2, 0) is 4.79 Å². The molecule has 1 amide bonds. The number of aromatic nitrogens is 1. The zero-order valence-electron chi connectivity index (χ0n) is 15.5. The second-order valence-electron chi connectivity index (χ2n) is 6.18. The summed E-state index contributed by atoms with van der Waals surface area (Å²) in [6, 6.07) is 6.15. The summed E-state index contributed by atoms with van der Waals surface area (Å²) in [6.45, 7) is 9.58. The predicted molar refractivity (Wildman–Crippen MR) is 112 cm³/mol. The number of amides is 1. The van der Waals surface area contributed by atoms with E-state index < -0.39 is 0 Å². The molecule has 0 spiro atoms. The monoisotopic (exact) mass is 389 g/mol. The van der Waals surface area contributed by atoms with E-state index in [4.69, 9.17) is 12.2 Å². The Balaban J connectivity index is 2.16. The van der Waals surface area contributed by atoms with Crippen molar-refractivity contribution in [2.75, 3.05) is 4.90 Å². The summed E-state index contributed by atoms with van der Waals surface area (Å²) in [5.41, 5.74) is 6.51. The first-order chi connectivity index (χ1) is 12.3. The fourth-order valence-corrected chi connectivity index (χ4v) is 3.31. The van der Waals surface area contributed by atoms with Crippen molar-refractivity contribution in [3.05, 3.63) is 40.4 Å². The van der Waals surface area contributed by atoms with E-state index in [1.165, 1.54) is 23.8 Å². The minimum absolute atomic E-state index is 0.0912. The number of benzene rings is 1.